The molecule has 1 atom stereocenters. The number of benzene rings is 2. The molecule has 1 heterocycles. The minimum Gasteiger partial charge on any atom is -0.468 e. The lowest BCUT2D eigenvalue weighted by molar-refractivity contribution is -0.146. The lowest BCUT2D eigenvalue weighted by atomic mass is 9.78. The van der Waals surface area contributed by atoms with Crippen LogP contribution in [0.1, 0.15) is 45.7 Å². The number of methoxy groups -OCH3 is 2. The number of esters is 2. The number of carbonyl (C=O) groups is 4. The third-order valence-electron chi connectivity index (χ3n) is 6.22. The molecule has 1 aliphatic carbocycles. The number of para-hydroxylation sites is 1. The number of hydrogen-bond donors (Lipinski definition) is 1. The number of hydrogen-bond acceptors (Lipinski definition) is 8. The molecular weight excluding hydrogens is 450 g/mol. The van der Waals surface area contributed by atoms with Gasteiger partial charge in [-0.3, -0.25) is 14.4 Å². The van der Waals surface area contributed by atoms with Crippen molar-refractivity contribution in [3.05, 3.63) is 87.5 Å². The molecule has 0 saturated carbocycles. The number of aryl methyl sites for hydroxylation is 2. The largest absolute Gasteiger partial charge is 0.468 e. The van der Waals surface area contributed by atoms with Gasteiger partial charge in [-0.15, -0.1) is 0 Å². The Morgan fingerprint density at radius 2 is 1.49 bits per heavy atom. The van der Waals surface area contributed by atoms with Gasteiger partial charge in [0.15, 0.2) is 11.5 Å². The highest BCUT2D eigenvalue weighted by atomic mass is 16.5. The van der Waals surface area contributed by atoms with Gasteiger partial charge in [-0.25, -0.2) is 4.79 Å². The first-order valence-corrected chi connectivity index (χ1v) is 11.3. The van der Waals surface area contributed by atoms with Crippen LogP contribution >= 0.6 is 0 Å². The average Bonchev–Trinajstić information content (AvgIpc) is 2.90. The maximum Gasteiger partial charge on any atom is 0.340 e. The molecule has 1 N–H and O–H groups in total. The highest BCUT2D eigenvalue weighted by Crippen LogP contribution is 2.42. The summed E-state index contributed by atoms with van der Waals surface area (Å²) in [7, 11) is 2.30. The van der Waals surface area contributed by atoms with Gasteiger partial charge in [-0.2, -0.15) is 0 Å². The van der Waals surface area contributed by atoms with Crippen LogP contribution in [0, 0.1) is 5.92 Å². The van der Waals surface area contributed by atoms with Crippen LogP contribution in [0.15, 0.2) is 65.3 Å². The van der Waals surface area contributed by atoms with Crippen molar-refractivity contribution in [1.82, 2.24) is 0 Å². The van der Waals surface area contributed by atoms with E-state index in [1.807, 2.05) is 32.0 Å². The van der Waals surface area contributed by atoms with Gasteiger partial charge in [0.2, 0.25) is 11.7 Å². The molecule has 2 aliphatic rings. The number of ether oxygens (including phenoxy) is 3. The van der Waals surface area contributed by atoms with Crippen LogP contribution in [0.4, 0.5) is 5.69 Å². The number of fused-ring (bicyclic) bond motifs is 1. The van der Waals surface area contributed by atoms with Crippen molar-refractivity contribution in [1.29, 1.82) is 0 Å². The van der Waals surface area contributed by atoms with Crippen molar-refractivity contribution in [3.63, 3.8) is 0 Å². The van der Waals surface area contributed by atoms with E-state index in [0.29, 0.717) is 18.5 Å². The number of carbonyl (C=O) groups excluding carboxylic acids is 4. The van der Waals surface area contributed by atoms with Crippen LogP contribution in [-0.4, -0.2) is 37.7 Å². The number of ketones is 2. The molecule has 2 aromatic carbocycles. The first kappa shape index (κ1) is 23.9. The zero-order valence-electron chi connectivity index (χ0n) is 19.9. The molecule has 4 rings (SSSR count). The predicted molar refractivity (Wildman–Crippen MR) is 127 cm³/mol. The summed E-state index contributed by atoms with van der Waals surface area (Å²) in [6.45, 7) is 3.96. The number of allylic oxidation sites excluding steroid dienone is 1. The second-order valence-electron chi connectivity index (χ2n) is 8.02. The van der Waals surface area contributed by atoms with E-state index in [4.69, 9.17) is 14.2 Å². The molecule has 0 amide bonds. The second kappa shape index (κ2) is 9.58. The van der Waals surface area contributed by atoms with E-state index >= 15 is 0 Å². The normalized spacial score (nSPS) is 16.9. The Kier molecular flexibility index (Phi) is 6.55. The van der Waals surface area contributed by atoms with E-state index in [0.717, 1.165) is 25.3 Å². The van der Waals surface area contributed by atoms with Crippen molar-refractivity contribution in [3.8, 4) is 0 Å². The Bertz CT molecular complexity index is 1300. The van der Waals surface area contributed by atoms with Crippen LogP contribution in [0.5, 0.6) is 0 Å². The molecule has 35 heavy (non-hydrogen) atoms. The molecule has 0 spiro atoms. The van der Waals surface area contributed by atoms with Crippen molar-refractivity contribution in [2.75, 3.05) is 19.5 Å². The van der Waals surface area contributed by atoms with Crippen LogP contribution in [0.3, 0.4) is 0 Å². The van der Waals surface area contributed by atoms with E-state index < -0.39 is 29.4 Å². The number of anilines is 1. The smallest absolute Gasteiger partial charge is 0.340 e. The van der Waals surface area contributed by atoms with Gasteiger partial charge < -0.3 is 19.5 Å². The third-order valence-corrected chi connectivity index (χ3v) is 6.22. The van der Waals surface area contributed by atoms with Crippen LogP contribution in [0.2, 0.25) is 0 Å². The van der Waals surface area contributed by atoms with Gasteiger partial charge in [-0.05, 0) is 24.0 Å². The Labute approximate surface area is 202 Å². The molecular formula is C27H25NO7. The van der Waals surface area contributed by atoms with E-state index in [1.165, 1.54) is 12.1 Å². The van der Waals surface area contributed by atoms with Crippen molar-refractivity contribution in [2.24, 2.45) is 5.92 Å². The molecule has 1 unspecified atom stereocenters. The lowest BCUT2D eigenvalue weighted by Crippen LogP contribution is -2.39. The van der Waals surface area contributed by atoms with E-state index in [9.17, 15) is 19.2 Å². The van der Waals surface area contributed by atoms with Gasteiger partial charge in [0, 0.05) is 16.8 Å². The van der Waals surface area contributed by atoms with Crippen molar-refractivity contribution >= 4 is 29.2 Å². The second-order valence-corrected chi connectivity index (χ2v) is 8.02. The Balaban J connectivity index is 1.95. The topological polar surface area (TPSA) is 108 Å². The fraction of sp³-hybridized carbons (Fsp3) is 0.259. The summed E-state index contributed by atoms with van der Waals surface area (Å²) in [6, 6.07) is 12.0. The molecule has 0 saturated heterocycles. The first-order chi connectivity index (χ1) is 16.9. The van der Waals surface area contributed by atoms with Crippen molar-refractivity contribution < 1.29 is 33.4 Å². The number of rotatable bonds is 6. The first-order valence-electron chi connectivity index (χ1n) is 11.3. The standard InChI is InChI=1S/C27H25NO7/c1-5-14-10-9-11-15(6-2)21(14)28-25-20(27(32)34-4)18(26(31)33-3)19-22(29)16-12-7-8-13-17(16)23(30)24(19)35-25/h7-13,18,28H,5-6H2,1-4H3. The van der Waals surface area contributed by atoms with Crippen LogP contribution in [-0.2, 0) is 36.6 Å². The highest BCUT2D eigenvalue weighted by molar-refractivity contribution is 6.28. The molecule has 1 aliphatic heterocycles. The SMILES string of the molecule is CCc1cccc(CC)c1NC1=C(C(=O)OC)C(C(=O)OC)C2=C(O1)C(=O)c1ccccc1C2=O. The van der Waals surface area contributed by atoms with Gasteiger partial charge in [-0.1, -0.05) is 56.3 Å². The Hall–Kier alpha value is -4.20. The number of Topliss-reactive ketones (excluding diaryl/α,β-unsaturated/α-hetero) is 2. The van der Waals surface area contributed by atoms with Crippen LogP contribution in [0.25, 0.3) is 0 Å². The lowest BCUT2D eigenvalue weighted by Gasteiger charge is -2.32. The summed E-state index contributed by atoms with van der Waals surface area (Å²) in [6.07, 6.45) is 1.35. The van der Waals surface area contributed by atoms with Gasteiger partial charge >= 0.3 is 11.9 Å². The third kappa shape index (κ3) is 3.90. The summed E-state index contributed by atoms with van der Waals surface area (Å²) in [5.41, 5.74) is 2.36. The van der Waals surface area contributed by atoms with E-state index in [1.54, 1.807) is 12.1 Å². The minimum atomic E-state index is -1.51. The highest BCUT2D eigenvalue weighted by Gasteiger charge is 2.49. The zero-order chi connectivity index (χ0) is 25.3. The molecule has 2 aromatic rings. The summed E-state index contributed by atoms with van der Waals surface area (Å²) in [5.74, 6) is -4.90. The predicted octanol–water partition coefficient (Wildman–Crippen LogP) is 3.76. The molecule has 0 fully saturated rings. The summed E-state index contributed by atoms with van der Waals surface area (Å²) < 4.78 is 15.9. The van der Waals surface area contributed by atoms with Crippen LogP contribution < -0.4 is 5.32 Å². The number of nitrogens with one attached hydrogen (secondary N) is 1. The Morgan fingerprint density at radius 1 is 0.886 bits per heavy atom. The molecule has 8 nitrogen and oxygen atoms in total. The van der Waals surface area contributed by atoms with Crippen molar-refractivity contribution in [2.45, 2.75) is 26.7 Å². The van der Waals surface area contributed by atoms with Gasteiger partial charge in [0.1, 0.15) is 11.5 Å². The molecule has 180 valence electrons. The fourth-order valence-electron chi connectivity index (χ4n) is 4.45. The van der Waals surface area contributed by atoms with E-state index in [-0.39, 0.29) is 33.9 Å². The summed E-state index contributed by atoms with van der Waals surface area (Å²) in [5, 5.41) is 3.14. The maximum atomic E-state index is 13.5. The maximum absolute atomic E-state index is 13.5. The summed E-state index contributed by atoms with van der Waals surface area (Å²) in [4.78, 5) is 52.9. The summed E-state index contributed by atoms with van der Waals surface area (Å²) >= 11 is 0. The molecule has 0 aromatic heterocycles. The van der Waals surface area contributed by atoms with E-state index in [2.05, 4.69) is 5.32 Å². The monoisotopic (exact) mass is 475 g/mol. The quantitative estimate of drug-likeness (QED) is 0.630. The van der Waals surface area contributed by atoms with Gasteiger partial charge in [0.25, 0.3) is 0 Å². The zero-order valence-corrected chi connectivity index (χ0v) is 19.9. The molecule has 8 heteroatoms. The Morgan fingerprint density at radius 3 is 2.03 bits per heavy atom. The fourth-order valence-corrected chi connectivity index (χ4v) is 4.45. The average molecular weight is 475 g/mol. The van der Waals surface area contributed by atoms with Gasteiger partial charge in [0.05, 0.1) is 19.8 Å². The minimum absolute atomic E-state index is 0.124. The molecule has 0 radical (unpaired) electrons. The molecule has 0 bridgehead atoms.